The van der Waals surface area contributed by atoms with E-state index in [0.717, 1.165) is 25.9 Å². The van der Waals surface area contributed by atoms with Crippen molar-refractivity contribution in [3.05, 3.63) is 11.1 Å². The molecule has 20 heavy (non-hydrogen) atoms. The highest BCUT2D eigenvalue weighted by atomic mass is 32.1. The number of nitrogen functional groups attached to an aromatic ring is 1. The van der Waals surface area contributed by atoms with Crippen LogP contribution in [0.25, 0.3) is 0 Å². The summed E-state index contributed by atoms with van der Waals surface area (Å²) in [7, 11) is 1.79. The van der Waals surface area contributed by atoms with E-state index in [9.17, 15) is 4.79 Å². The molecular formula is C14H21N3O2S. The number of thiazole rings is 1. The highest BCUT2D eigenvalue weighted by molar-refractivity contribution is 7.17. The average molecular weight is 295 g/mol. The van der Waals surface area contributed by atoms with E-state index in [1.165, 1.54) is 30.6 Å². The second-order valence-corrected chi connectivity index (χ2v) is 6.93. The van der Waals surface area contributed by atoms with E-state index < -0.39 is 0 Å². The molecule has 2 atom stereocenters. The molecule has 1 amide bonds. The number of aromatic nitrogens is 1. The minimum Gasteiger partial charge on any atom is -0.381 e. The highest BCUT2D eigenvalue weighted by Gasteiger charge is 2.46. The largest absolute Gasteiger partial charge is 0.381 e. The van der Waals surface area contributed by atoms with Gasteiger partial charge in [-0.25, -0.2) is 4.98 Å². The molecule has 0 radical (unpaired) electrons. The summed E-state index contributed by atoms with van der Waals surface area (Å²) in [6.07, 6.45) is 7.59. The number of methoxy groups -OCH3 is 1. The number of hydrogen-bond donors (Lipinski definition) is 1. The number of carbonyl (C=O) groups excluding carboxylic acids is 1. The van der Waals surface area contributed by atoms with E-state index in [0.29, 0.717) is 16.1 Å². The quantitative estimate of drug-likeness (QED) is 0.907. The second-order valence-electron chi connectivity index (χ2n) is 5.87. The number of hydrogen-bond acceptors (Lipinski definition) is 5. The lowest BCUT2D eigenvalue weighted by Crippen LogP contribution is -2.49. The van der Waals surface area contributed by atoms with Crippen LogP contribution in [0, 0.1) is 5.41 Å². The van der Waals surface area contributed by atoms with Gasteiger partial charge in [0.1, 0.15) is 4.88 Å². The number of ether oxygens (including phenoxy) is 1. The molecule has 2 aliphatic rings. The van der Waals surface area contributed by atoms with Gasteiger partial charge in [-0.15, -0.1) is 0 Å². The molecule has 0 unspecified atom stereocenters. The molecule has 0 bridgehead atoms. The molecule has 1 aromatic heterocycles. The molecule has 110 valence electrons. The van der Waals surface area contributed by atoms with Crippen molar-refractivity contribution in [2.75, 3.05) is 25.9 Å². The fourth-order valence-electron chi connectivity index (χ4n) is 3.82. The average Bonchev–Trinajstić information content (AvgIpc) is 3.05. The molecule has 2 N–H and O–H groups in total. The van der Waals surface area contributed by atoms with E-state index in [1.807, 2.05) is 4.90 Å². The summed E-state index contributed by atoms with van der Waals surface area (Å²) in [6, 6.07) is 0. The first kappa shape index (κ1) is 13.8. The van der Waals surface area contributed by atoms with E-state index in [-0.39, 0.29) is 11.3 Å². The van der Waals surface area contributed by atoms with Gasteiger partial charge in [0, 0.05) is 25.6 Å². The lowest BCUT2D eigenvalue weighted by atomic mass is 9.76. The number of likely N-dealkylation sites (tertiary alicyclic amines) is 1. The first-order chi connectivity index (χ1) is 9.64. The van der Waals surface area contributed by atoms with Crippen molar-refractivity contribution in [3.63, 3.8) is 0 Å². The minimum absolute atomic E-state index is 0.0695. The van der Waals surface area contributed by atoms with Crippen LogP contribution in [0.15, 0.2) is 6.20 Å². The zero-order valence-corrected chi connectivity index (χ0v) is 12.6. The standard InChI is InChI=1S/C14H21N3O2S/c1-19-11-4-2-5-14(11)6-3-7-17(9-14)12(18)10-8-16-13(15)20-10/h8,11H,2-7,9H2,1H3,(H2,15,16)/t11-,14-/m1/s1. The summed E-state index contributed by atoms with van der Waals surface area (Å²) in [5, 5.41) is 0.454. The number of rotatable bonds is 2. The SMILES string of the molecule is CO[C@@H]1CCC[C@]12CCCN(C(=O)c1cnc(N)s1)C2. The molecule has 1 spiro atoms. The lowest BCUT2D eigenvalue weighted by molar-refractivity contribution is -0.0294. The Labute approximate surface area is 123 Å². The molecule has 1 aromatic rings. The minimum atomic E-state index is 0.0695. The molecular weight excluding hydrogens is 274 g/mol. The van der Waals surface area contributed by atoms with Crippen molar-refractivity contribution in [1.82, 2.24) is 9.88 Å². The Bertz CT molecular complexity index is 504. The van der Waals surface area contributed by atoms with Gasteiger partial charge in [0.2, 0.25) is 0 Å². The number of nitrogens with two attached hydrogens (primary N) is 1. The molecule has 1 aliphatic heterocycles. The summed E-state index contributed by atoms with van der Waals surface area (Å²) >= 11 is 1.27. The number of carbonyl (C=O) groups is 1. The van der Waals surface area contributed by atoms with Gasteiger partial charge in [-0.3, -0.25) is 4.79 Å². The highest BCUT2D eigenvalue weighted by Crippen LogP contribution is 2.46. The monoisotopic (exact) mass is 295 g/mol. The number of anilines is 1. The van der Waals surface area contributed by atoms with Gasteiger partial charge in [-0.05, 0) is 25.7 Å². The zero-order chi connectivity index (χ0) is 14.2. The van der Waals surface area contributed by atoms with Crippen LogP contribution in [0.5, 0.6) is 0 Å². The summed E-state index contributed by atoms with van der Waals surface area (Å²) in [6.45, 7) is 1.64. The predicted octanol–water partition coefficient (Wildman–Crippen LogP) is 2.15. The molecule has 1 saturated carbocycles. The first-order valence-corrected chi connectivity index (χ1v) is 8.00. The smallest absolute Gasteiger partial charge is 0.265 e. The Balaban J connectivity index is 1.76. The van der Waals surface area contributed by atoms with Crippen molar-refractivity contribution in [2.45, 2.75) is 38.2 Å². The molecule has 6 heteroatoms. The maximum atomic E-state index is 12.5. The van der Waals surface area contributed by atoms with Gasteiger partial charge >= 0.3 is 0 Å². The topological polar surface area (TPSA) is 68.5 Å². The Kier molecular flexibility index (Phi) is 3.69. The second kappa shape index (κ2) is 5.33. The first-order valence-electron chi connectivity index (χ1n) is 7.18. The van der Waals surface area contributed by atoms with Crippen LogP contribution in [0.4, 0.5) is 5.13 Å². The van der Waals surface area contributed by atoms with Crippen LogP contribution in [-0.2, 0) is 4.74 Å². The Morgan fingerprint density at radius 2 is 2.35 bits per heavy atom. The van der Waals surface area contributed by atoms with Crippen LogP contribution in [0.3, 0.4) is 0 Å². The van der Waals surface area contributed by atoms with Crippen LogP contribution in [-0.4, -0.2) is 42.1 Å². The maximum Gasteiger partial charge on any atom is 0.265 e. The lowest BCUT2D eigenvalue weighted by Gasteiger charge is -2.43. The van der Waals surface area contributed by atoms with Crippen molar-refractivity contribution in [2.24, 2.45) is 5.41 Å². The summed E-state index contributed by atoms with van der Waals surface area (Å²) < 4.78 is 5.67. The normalized spacial score (nSPS) is 30.1. The van der Waals surface area contributed by atoms with Crippen molar-refractivity contribution < 1.29 is 9.53 Å². The van der Waals surface area contributed by atoms with Crippen LogP contribution >= 0.6 is 11.3 Å². The Morgan fingerprint density at radius 1 is 1.55 bits per heavy atom. The Morgan fingerprint density at radius 3 is 3.05 bits per heavy atom. The fourth-order valence-corrected chi connectivity index (χ4v) is 4.47. The molecule has 2 fully saturated rings. The van der Waals surface area contributed by atoms with Crippen molar-refractivity contribution in [3.8, 4) is 0 Å². The van der Waals surface area contributed by atoms with E-state index in [1.54, 1.807) is 13.3 Å². The number of nitrogens with zero attached hydrogens (tertiary/aromatic N) is 2. The Hall–Kier alpha value is -1.14. The fraction of sp³-hybridized carbons (Fsp3) is 0.714. The molecule has 3 rings (SSSR count). The molecule has 1 saturated heterocycles. The van der Waals surface area contributed by atoms with Gasteiger partial charge < -0.3 is 15.4 Å². The van der Waals surface area contributed by atoms with Crippen LogP contribution in [0.2, 0.25) is 0 Å². The zero-order valence-electron chi connectivity index (χ0n) is 11.8. The van der Waals surface area contributed by atoms with Gasteiger partial charge in [-0.1, -0.05) is 17.8 Å². The summed E-state index contributed by atoms with van der Waals surface area (Å²) in [5.41, 5.74) is 5.79. The van der Waals surface area contributed by atoms with Crippen LogP contribution in [0.1, 0.15) is 41.8 Å². The van der Waals surface area contributed by atoms with E-state index in [4.69, 9.17) is 10.5 Å². The predicted molar refractivity (Wildman–Crippen MR) is 78.7 cm³/mol. The van der Waals surface area contributed by atoms with E-state index in [2.05, 4.69) is 4.98 Å². The summed E-state index contributed by atoms with van der Waals surface area (Å²) in [5.74, 6) is 0.0695. The van der Waals surface area contributed by atoms with Crippen LogP contribution < -0.4 is 5.73 Å². The third-order valence-electron chi connectivity index (χ3n) is 4.74. The third-order valence-corrected chi connectivity index (χ3v) is 5.55. The van der Waals surface area contributed by atoms with Gasteiger partial charge in [0.15, 0.2) is 5.13 Å². The van der Waals surface area contributed by atoms with Gasteiger partial charge in [0.25, 0.3) is 5.91 Å². The van der Waals surface area contributed by atoms with Crippen molar-refractivity contribution in [1.29, 1.82) is 0 Å². The van der Waals surface area contributed by atoms with Crippen molar-refractivity contribution >= 4 is 22.4 Å². The number of amides is 1. The maximum absolute atomic E-state index is 12.5. The van der Waals surface area contributed by atoms with Gasteiger partial charge in [0.05, 0.1) is 12.3 Å². The van der Waals surface area contributed by atoms with Gasteiger partial charge in [-0.2, -0.15) is 0 Å². The summed E-state index contributed by atoms with van der Waals surface area (Å²) in [4.78, 5) is 19.1. The molecule has 5 nitrogen and oxygen atoms in total. The third kappa shape index (κ3) is 2.31. The number of piperidine rings is 1. The van der Waals surface area contributed by atoms with E-state index >= 15 is 0 Å². The molecule has 1 aliphatic carbocycles. The molecule has 2 heterocycles. The molecule has 0 aromatic carbocycles.